The zero-order valence-electron chi connectivity index (χ0n) is 15.3. The number of para-hydroxylation sites is 2. The smallest absolute Gasteiger partial charge is 0.198 e. The fraction of sp³-hybridized carbons (Fsp3) is 0.381. The number of hydrogen-bond acceptors (Lipinski definition) is 3. The van der Waals surface area contributed by atoms with Crippen molar-refractivity contribution in [3.05, 3.63) is 54.1 Å². The zero-order chi connectivity index (χ0) is 18.2. The summed E-state index contributed by atoms with van der Waals surface area (Å²) in [7, 11) is 1.56. The summed E-state index contributed by atoms with van der Waals surface area (Å²) < 4.78 is 5.18. The van der Waals surface area contributed by atoms with Crippen LogP contribution in [-0.2, 0) is 6.42 Å². The van der Waals surface area contributed by atoms with Gasteiger partial charge in [0.15, 0.2) is 17.5 Å². The average Bonchev–Trinajstić information content (AvgIpc) is 2.70. The van der Waals surface area contributed by atoms with Gasteiger partial charge in [0, 0.05) is 25.3 Å². The van der Waals surface area contributed by atoms with E-state index in [0.717, 1.165) is 30.3 Å². The lowest BCUT2D eigenvalue weighted by Gasteiger charge is -2.30. The molecule has 0 unspecified atom stereocenters. The Morgan fingerprint density at radius 1 is 1.08 bits per heavy atom. The maximum absolute atomic E-state index is 10.2. The second-order valence-electron chi connectivity index (χ2n) is 6.46. The predicted molar refractivity (Wildman–Crippen MR) is 106 cm³/mol. The minimum absolute atomic E-state index is 0.209. The Kier molecular flexibility index (Phi) is 6.36. The molecule has 0 bridgehead atoms. The number of methoxy groups -OCH3 is 1. The molecule has 1 fully saturated rings. The molecule has 0 aliphatic carbocycles. The topological polar surface area (TPSA) is 57.1 Å². The summed E-state index contributed by atoms with van der Waals surface area (Å²) in [4.78, 5) is 7.14. The Morgan fingerprint density at radius 3 is 2.58 bits per heavy atom. The number of phenolic OH excluding ortho intramolecular Hbond substituents is 1. The number of likely N-dealkylation sites (tertiary alicyclic amines) is 1. The summed E-state index contributed by atoms with van der Waals surface area (Å²) in [6, 6.07) is 15.7. The van der Waals surface area contributed by atoms with Crippen LogP contribution in [-0.4, -0.2) is 42.7 Å². The number of benzene rings is 2. The highest BCUT2D eigenvalue weighted by Gasteiger charge is 2.15. The first kappa shape index (κ1) is 18.1. The molecule has 1 heterocycles. The van der Waals surface area contributed by atoms with E-state index in [0.29, 0.717) is 18.7 Å². The van der Waals surface area contributed by atoms with Gasteiger partial charge >= 0.3 is 0 Å². The van der Waals surface area contributed by atoms with Crippen molar-refractivity contribution >= 4 is 11.6 Å². The Balaban J connectivity index is 1.71. The van der Waals surface area contributed by atoms with Crippen LogP contribution in [0.4, 0.5) is 5.69 Å². The number of aromatic hydroxyl groups is 1. The lowest BCUT2D eigenvalue weighted by molar-refractivity contribution is 0.340. The molecule has 26 heavy (non-hydrogen) atoms. The van der Waals surface area contributed by atoms with Crippen LogP contribution >= 0.6 is 0 Å². The first-order chi connectivity index (χ1) is 12.8. The molecule has 0 aromatic heterocycles. The van der Waals surface area contributed by atoms with Crippen molar-refractivity contribution in [2.75, 3.05) is 32.1 Å². The number of nitrogens with one attached hydrogen (secondary N) is 1. The van der Waals surface area contributed by atoms with Crippen LogP contribution < -0.4 is 10.1 Å². The van der Waals surface area contributed by atoms with E-state index in [1.54, 1.807) is 13.2 Å². The molecule has 2 aromatic rings. The van der Waals surface area contributed by atoms with Crippen LogP contribution in [0.2, 0.25) is 0 Å². The molecule has 0 saturated carbocycles. The van der Waals surface area contributed by atoms with E-state index in [4.69, 9.17) is 9.73 Å². The van der Waals surface area contributed by atoms with Crippen LogP contribution in [0.5, 0.6) is 11.5 Å². The number of hydrogen-bond donors (Lipinski definition) is 2. The van der Waals surface area contributed by atoms with Gasteiger partial charge < -0.3 is 20.1 Å². The zero-order valence-corrected chi connectivity index (χ0v) is 15.3. The van der Waals surface area contributed by atoms with E-state index in [-0.39, 0.29) is 5.75 Å². The van der Waals surface area contributed by atoms with Gasteiger partial charge in [-0.05, 0) is 49.4 Å². The first-order valence-corrected chi connectivity index (χ1v) is 9.24. The van der Waals surface area contributed by atoms with Gasteiger partial charge in [-0.1, -0.05) is 30.3 Å². The van der Waals surface area contributed by atoms with E-state index < -0.39 is 0 Å². The van der Waals surface area contributed by atoms with Crippen molar-refractivity contribution in [3.63, 3.8) is 0 Å². The van der Waals surface area contributed by atoms with Crippen molar-refractivity contribution in [3.8, 4) is 11.5 Å². The van der Waals surface area contributed by atoms with Gasteiger partial charge in [0.1, 0.15) is 0 Å². The molecule has 1 aliphatic rings. The van der Waals surface area contributed by atoms with Crippen LogP contribution in [0.1, 0.15) is 24.8 Å². The molecular formula is C21H27N3O2. The largest absolute Gasteiger partial charge is 0.504 e. The summed E-state index contributed by atoms with van der Waals surface area (Å²) >= 11 is 0. The molecule has 3 rings (SSSR count). The minimum atomic E-state index is 0.209. The van der Waals surface area contributed by atoms with E-state index in [9.17, 15) is 5.11 Å². The highest BCUT2D eigenvalue weighted by molar-refractivity contribution is 5.93. The van der Waals surface area contributed by atoms with Gasteiger partial charge in [-0.3, -0.25) is 4.99 Å². The molecule has 0 atom stereocenters. The van der Waals surface area contributed by atoms with Gasteiger partial charge in [-0.25, -0.2) is 0 Å². The molecule has 2 aromatic carbocycles. The normalized spacial score (nSPS) is 15.0. The number of guanidine groups is 1. The van der Waals surface area contributed by atoms with E-state index >= 15 is 0 Å². The predicted octanol–water partition coefficient (Wildman–Crippen LogP) is 3.90. The van der Waals surface area contributed by atoms with Gasteiger partial charge in [-0.15, -0.1) is 0 Å². The Hall–Kier alpha value is -2.69. The van der Waals surface area contributed by atoms with Gasteiger partial charge in [0.25, 0.3) is 0 Å². The molecule has 0 radical (unpaired) electrons. The highest BCUT2D eigenvalue weighted by atomic mass is 16.5. The number of rotatable bonds is 5. The number of phenols is 1. The average molecular weight is 353 g/mol. The number of anilines is 1. The number of aliphatic imine (C=N–C) groups is 1. The monoisotopic (exact) mass is 353 g/mol. The summed E-state index contributed by atoms with van der Waals surface area (Å²) in [6.45, 7) is 2.67. The van der Waals surface area contributed by atoms with E-state index in [1.165, 1.54) is 19.3 Å². The quantitative estimate of drug-likeness (QED) is 0.632. The van der Waals surface area contributed by atoms with Gasteiger partial charge in [0.05, 0.1) is 7.11 Å². The fourth-order valence-electron chi connectivity index (χ4n) is 3.19. The second kappa shape index (κ2) is 9.13. The van der Waals surface area contributed by atoms with Crippen molar-refractivity contribution in [1.82, 2.24) is 4.90 Å². The van der Waals surface area contributed by atoms with Crippen LogP contribution in [0.3, 0.4) is 0 Å². The molecule has 5 heteroatoms. The molecular weight excluding hydrogens is 326 g/mol. The lowest BCUT2D eigenvalue weighted by Crippen LogP contribution is -2.40. The maximum atomic E-state index is 10.2. The number of ether oxygens (including phenoxy) is 1. The third-order valence-corrected chi connectivity index (χ3v) is 4.63. The van der Waals surface area contributed by atoms with Crippen molar-refractivity contribution in [2.45, 2.75) is 25.7 Å². The van der Waals surface area contributed by atoms with Crippen molar-refractivity contribution < 1.29 is 9.84 Å². The Labute approximate surface area is 155 Å². The van der Waals surface area contributed by atoms with Crippen molar-refractivity contribution in [2.24, 2.45) is 4.99 Å². The standard InChI is InChI=1S/C21H27N3O2/c1-26-19-12-8-9-17(20(19)25)13-14-22-21(24-15-6-3-7-16-24)23-18-10-4-2-5-11-18/h2,4-5,8-12,25H,3,6-7,13-16H2,1H3,(H,22,23). The third kappa shape index (κ3) is 4.69. The van der Waals surface area contributed by atoms with E-state index in [1.807, 2.05) is 42.5 Å². The minimum Gasteiger partial charge on any atom is -0.504 e. The lowest BCUT2D eigenvalue weighted by atomic mass is 10.1. The Morgan fingerprint density at radius 2 is 1.85 bits per heavy atom. The summed E-state index contributed by atoms with van der Waals surface area (Å²) in [5.41, 5.74) is 1.90. The third-order valence-electron chi connectivity index (χ3n) is 4.63. The molecule has 2 N–H and O–H groups in total. The summed E-state index contributed by atoms with van der Waals surface area (Å²) in [5, 5.41) is 13.7. The Bertz CT molecular complexity index is 725. The summed E-state index contributed by atoms with van der Waals surface area (Å²) in [5.74, 6) is 1.63. The SMILES string of the molecule is COc1cccc(CCN=C(Nc2ccccc2)N2CCCCC2)c1O. The molecule has 1 aliphatic heterocycles. The fourth-order valence-corrected chi connectivity index (χ4v) is 3.19. The highest BCUT2D eigenvalue weighted by Crippen LogP contribution is 2.29. The summed E-state index contributed by atoms with van der Waals surface area (Å²) in [6.07, 6.45) is 4.35. The molecule has 138 valence electrons. The van der Waals surface area contributed by atoms with Gasteiger partial charge in [-0.2, -0.15) is 0 Å². The van der Waals surface area contributed by atoms with Crippen LogP contribution in [0.15, 0.2) is 53.5 Å². The second-order valence-corrected chi connectivity index (χ2v) is 6.46. The number of nitrogens with zero attached hydrogens (tertiary/aromatic N) is 2. The van der Waals surface area contributed by atoms with E-state index in [2.05, 4.69) is 10.2 Å². The molecule has 0 spiro atoms. The van der Waals surface area contributed by atoms with Crippen LogP contribution in [0, 0.1) is 0 Å². The van der Waals surface area contributed by atoms with Gasteiger partial charge in [0.2, 0.25) is 0 Å². The molecule has 5 nitrogen and oxygen atoms in total. The molecule has 1 saturated heterocycles. The molecule has 0 amide bonds. The van der Waals surface area contributed by atoms with Crippen LogP contribution in [0.25, 0.3) is 0 Å². The maximum Gasteiger partial charge on any atom is 0.198 e. The number of piperidine rings is 1. The van der Waals surface area contributed by atoms with Crippen molar-refractivity contribution in [1.29, 1.82) is 0 Å². The first-order valence-electron chi connectivity index (χ1n) is 9.24.